The fourth-order valence-electron chi connectivity index (χ4n) is 2.63. The van der Waals surface area contributed by atoms with Crippen LogP contribution in [0, 0.1) is 0 Å². The Bertz CT molecular complexity index is 995. The molecule has 0 aromatic heterocycles. The van der Waals surface area contributed by atoms with Crippen LogP contribution in [0.4, 0.5) is 5.69 Å². The molecule has 0 amide bonds. The lowest BCUT2D eigenvalue weighted by Crippen LogP contribution is -2.36. The van der Waals surface area contributed by atoms with E-state index in [1.165, 1.54) is 19.2 Å². The number of fused-ring (bicyclic) bond motifs is 1. The summed E-state index contributed by atoms with van der Waals surface area (Å²) in [4.78, 5) is 12.0. The van der Waals surface area contributed by atoms with Gasteiger partial charge in [0.05, 0.1) is 17.7 Å². The number of sulfonamides is 1. The van der Waals surface area contributed by atoms with E-state index in [2.05, 4.69) is 0 Å². The molecule has 0 unspecified atom stereocenters. The number of anilines is 1. The molecule has 0 saturated carbocycles. The van der Waals surface area contributed by atoms with Gasteiger partial charge in [-0.1, -0.05) is 54.6 Å². The van der Waals surface area contributed by atoms with Crippen LogP contribution in [-0.4, -0.2) is 28.0 Å². The van der Waals surface area contributed by atoms with E-state index in [0.717, 1.165) is 15.1 Å². The second-order valence-corrected chi connectivity index (χ2v) is 7.26. The van der Waals surface area contributed by atoms with Gasteiger partial charge >= 0.3 is 5.97 Å². The molecule has 0 fully saturated rings. The van der Waals surface area contributed by atoms with Crippen molar-refractivity contribution in [3.05, 3.63) is 72.8 Å². The number of rotatable bonds is 5. The highest BCUT2D eigenvalue weighted by Gasteiger charge is 2.28. The van der Waals surface area contributed by atoms with Gasteiger partial charge in [0.15, 0.2) is 0 Å². The number of methoxy groups -OCH3 is 1. The van der Waals surface area contributed by atoms with E-state index in [9.17, 15) is 13.2 Å². The van der Waals surface area contributed by atoms with Gasteiger partial charge < -0.3 is 4.74 Å². The Balaban J connectivity index is 2.20. The normalized spacial score (nSPS) is 11.2. The van der Waals surface area contributed by atoms with Gasteiger partial charge in [-0.15, -0.1) is 0 Å². The highest BCUT2D eigenvalue weighted by molar-refractivity contribution is 7.92. The molecule has 0 saturated heterocycles. The Morgan fingerprint density at radius 3 is 2.28 bits per heavy atom. The van der Waals surface area contributed by atoms with Gasteiger partial charge in [-0.2, -0.15) is 0 Å². The molecule has 0 atom stereocenters. The zero-order chi connectivity index (χ0) is 17.9. The van der Waals surface area contributed by atoms with Crippen molar-refractivity contribution in [2.24, 2.45) is 0 Å². The first-order valence-corrected chi connectivity index (χ1v) is 9.10. The Labute approximate surface area is 146 Å². The van der Waals surface area contributed by atoms with Gasteiger partial charge in [0.2, 0.25) is 0 Å². The zero-order valence-electron chi connectivity index (χ0n) is 13.6. The molecule has 0 aliphatic carbocycles. The largest absolute Gasteiger partial charge is 0.468 e. The minimum Gasteiger partial charge on any atom is -0.468 e. The highest BCUT2D eigenvalue weighted by atomic mass is 32.2. The zero-order valence-corrected chi connectivity index (χ0v) is 14.4. The van der Waals surface area contributed by atoms with E-state index >= 15 is 0 Å². The van der Waals surface area contributed by atoms with Crippen LogP contribution in [0.5, 0.6) is 0 Å². The molecule has 0 aliphatic rings. The summed E-state index contributed by atoms with van der Waals surface area (Å²) in [7, 11) is -2.68. The first-order valence-electron chi connectivity index (χ1n) is 7.66. The fraction of sp³-hybridized carbons (Fsp3) is 0.105. The lowest BCUT2D eigenvalue weighted by molar-refractivity contribution is -0.138. The molecule has 0 aliphatic heterocycles. The SMILES string of the molecule is COC(=O)CN(c1cccc2ccccc12)S(=O)(=O)c1ccccc1. The first-order chi connectivity index (χ1) is 12.0. The van der Waals surface area contributed by atoms with Gasteiger partial charge in [0, 0.05) is 5.39 Å². The van der Waals surface area contributed by atoms with Crippen molar-refractivity contribution in [2.75, 3.05) is 18.0 Å². The summed E-state index contributed by atoms with van der Waals surface area (Å²) < 4.78 is 32.1. The van der Waals surface area contributed by atoms with Crippen molar-refractivity contribution in [3.8, 4) is 0 Å². The van der Waals surface area contributed by atoms with Crippen LogP contribution >= 0.6 is 0 Å². The van der Waals surface area contributed by atoms with E-state index in [4.69, 9.17) is 4.74 Å². The molecule has 0 bridgehead atoms. The number of carbonyl (C=O) groups is 1. The highest BCUT2D eigenvalue weighted by Crippen LogP contribution is 2.30. The Morgan fingerprint density at radius 2 is 1.56 bits per heavy atom. The van der Waals surface area contributed by atoms with Crippen molar-refractivity contribution in [3.63, 3.8) is 0 Å². The number of hydrogen-bond acceptors (Lipinski definition) is 4. The summed E-state index contributed by atoms with van der Waals surface area (Å²) >= 11 is 0. The molecule has 3 aromatic rings. The third-order valence-corrected chi connectivity index (χ3v) is 5.64. The number of esters is 1. The van der Waals surface area contributed by atoms with Crippen LogP contribution in [0.3, 0.4) is 0 Å². The maximum absolute atomic E-state index is 13.1. The number of nitrogens with zero attached hydrogens (tertiary/aromatic N) is 1. The van der Waals surface area contributed by atoms with Crippen molar-refractivity contribution < 1.29 is 17.9 Å². The molecule has 6 heteroatoms. The smallest absolute Gasteiger partial charge is 0.326 e. The van der Waals surface area contributed by atoms with Crippen molar-refractivity contribution >= 4 is 32.5 Å². The molecular weight excluding hydrogens is 338 g/mol. The average Bonchev–Trinajstić information content (AvgIpc) is 2.66. The van der Waals surface area contributed by atoms with Crippen LogP contribution in [-0.2, 0) is 19.6 Å². The average molecular weight is 355 g/mol. The monoisotopic (exact) mass is 355 g/mol. The van der Waals surface area contributed by atoms with Crippen LogP contribution in [0.2, 0.25) is 0 Å². The first kappa shape index (κ1) is 17.0. The summed E-state index contributed by atoms with van der Waals surface area (Å²) in [5, 5.41) is 1.63. The lowest BCUT2D eigenvalue weighted by Gasteiger charge is -2.24. The molecule has 128 valence electrons. The number of ether oxygens (including phenoxy) is 1. The van der Waals surface area contributed by atoms with E-state index in [1.807, 2.05) is 30.3 Å². The summed E-state index contributed by atoms with van der Waals surface area (Å²) in [5.41, 5.74) is 0.437. The molecule has 0 radical (unpaired) electrons. The van der Waals surface area contributed by atoms with E-state index < -0.39 is 22.5 Å². The van der Waals surface area contributed by atoms with Gasteiger partial charge in [-0.25, -0.2) is 8.42 Å². The van der Waals surface area contributed by atoms with E-state index in [1.54, 1.807) is 30.3 Å². The minimum absolute atomic E-state index is 0.117. The molecule has 0 heterocycles. The van der Waals surface area contributed by atoms with E-state index in [-0.39, 0.29) is 4.90 Å². The molecule has 3 aromatic carbocycles. The van der Waals surface area contributed by atoms with Crippen molar-refractivity contribution in [1.29, 1.82) is 0 Å². The molecular formula is C19H17NO4S. The Morgan fingerprint density at radius 1 is 0.920 bits per heavy atom. The van der Waals surface area contributed by atoms with Crippen LogP contribution < -0.4 is 4.31 Å². The third-order valence-electron chi connectivity index (χ3n) is 3.87. The number of carbonyl (C=O) groups excluding carboxylic acids is 1. The van der Waals surface area contributed by atoms with E-state index in [0.29, 0.717) is 5.69 Å². The van der Waals surface area contributed by atoms with Crippen LogP contribution in [0.1, 0.15) is 0 Å². The van der Waals surface area contributed by atoms with Crippen LogP contribution in [0.15, 0.2) is 77.7 Å². The molecule has 0 N–H and O–H groups in total. The molecule has 25 heavy (non-hydrogen) atoms. The van der Waals surface area contributed by atoms with Gasteiger partial charge in [-0.05, 0) is 23.6 Å². The second-order valence-electron chi connectivity index (χ2n) is 5.40. The predicted octanol–water partition coefficient (Wildman–Crippen LogP) is 3.21. The minimum atomic E-state index is -3.92. The lowest BCUT2D eigenvalue weighted by atomic mass is 10.1. The summed E-state index contributed by atoms with van der Waals surface area (Å²) in [5.74, 6) is -0.632. The van der Waals surface area contributed by atoms with Gasteiger partial charge in [0.25, 0.3) is 10.0 Å². The predicted molar refractivity (Wildman–Crippen MR) is 96.9 cm³/mol. The number of hydrogen-bond donors (Lipinski definition) is 0. The molecule has 0 spiro atoms. The summed E-state index contributed by atoms with van der Waals surface area (Å²) in [6.45, 7) is -0.401. The Kier molecular flexibility index (Phi) is 4.72. The maximum Gasteiger partial charge on any atom is 0.326 e. The van der Waals surface area contributed by atoms with Crippen molar-refractivity contribution in [2.45, 2.75) is 4.90 Å². The van der Waals surface area contributed by atoms with Crippen LogP contribution in [0.25, 0.3) is 10.8 Å². The molecule has 3 rings (SSSR count). The third kappa shape index (κ3) is 3.34. The summed E-state index contributed by atoms with van der Waals surface area (Å²) in [6.07, 6.45) is 0. The van der Waals surface area contributed by atoms with Gasteiger partial charge in [0.1, 0.15) is 6.54 Å². The maximum atomic E-state index is 13.1. The van der Waals surface area contributed by atoms with Gasteiger partial charge in [-0.3, -0.25) is 9.10 Å². The topological polar surface area (TPSA) is 63.7 Å². The Hall–Kier alpha value is -2.86. The number of benzene rings is 3. The van der Waals surface area contributed by atoms with Crippen molar-refractivity contribution in [1.82, 2.24) is 0 Å². The molecule has 5 nitrogen and oxygen atoms in total. The fourth-order valence-corrected chi connectivity index (χ4v) is 4.08. The quantitative estimate of drug-likeness (QED) is 0.659. The second kappa shape index (κ2) is 6.94. The summed E-state index contributed by atoms with van der Waals surface area (Å²) in [6, 6.07) is 20.8. The standard InChI is InChI=1S/C19H17NO4S/c1-24-19(21)14-20(25(22,23)16-10-3-2-4-11-16)18-13-7-9-15-8-5-6-12-17(15)18/h2-13H,14H2,1H3.